The highest BCUT2D eigenvalue weighted by Gasteiger charge is 2.66. The molecule has 0 aromatic carbocycles. The van der Waals surface area contributed by atoms with Gasteiger partial charge in [-0.2, -0.15) is 0 Å². The van der Waals surface area contributed by atoms with Crippen LogP contribution in [-0.2, 0) is 19.1 Å². The maximum absolute atomic E-state index is 12.4. The van der Waals surface area contributed by atoms with Crippen LogP contribution in [0.3, 0.4) is 0 Å². The Morgan fingerprint density at radius 1 is 1.04 bits per heavy atom. The number of fused-ring (bicyclic) bond motifs is 2. The molecule has 4 heteroatoms. The van der Waals surface area contributed by atoms with E-state index < -0.39 is 0 Å². The minimum absolute atomic E-state index is 0.00778. The first kappa shape index (κ1) is 15.2. The van der Waals surface area contributed by atoms with Crippen LogP contribution in [0.5, 0.6) is 0 Å². The van der Waals surface area contributed by atoms with E-state index >= 15 is 0 Å². The van der Waals surface area contributed by atoms with Crippen molar-refractivity contribution in [3.8, 4) is 0 Å². The lowest BCUT2D eigenvalue weighted by Gasteiger charge is -2.34. The van der Waals surface area contributed by atoms with Crippen LogP contribution < -0.4 is 0 Å². The molecule has 3 aliphatic carbocycles. The normalized spacial score (nSPS) is 54.2. The Morgan fingerprint density at radius 2 is 1.88 bits per heavy atom. The molecule has 0 radical (unpaired) electrons. The molecule has 2 aliphatic heterocycles. The van der Waals surface area contributed by atoms with Crippen LogP contribution in [0.25, 0.3) is 0 Å². The van der Waals surface area contributed by atoms with Crippen molar-refractivity contribution < 1.29 is 19.1 Å². The van der Waals surface area contributed by atoms with E-state index in [9.17, 15) is 9.59 Å². The second-order valence-corrected chi connectivity index (χ2v) is 9.12. The van der Waals surface area contributed by atoms with Gasteiger partial charge < -0.3 is 9.47 Å². The molecule has 24 heavy (non-hydrogen) atoms. The Kier molecular flexibility index (Phi) is 3.31. The Morgan fingerprint density at radius 3 is 2.67 bits per heavy atom. The summed E-state index contributed by atoms with van der Waals surface area (Å²) in [5, 5.41) is 0. The molecule has 0 N–H and O–H groups in total. The van der Waals surface area contributed by atoms with Gasteiger partial charge in [0, 0.05) is 11.8 Å². The molecule has 132 valence electrons. The first-order valence-corrected chi connectivity index (χ1v) is 9.98. The van der Waals surface area contributed by atoms with Gasteiger partial charge >= 0.3 is 11.9 Å². The van der Waals surface area contributed by atoms with Gasteiger partial charge in [0.15, 0.2) is 0 Å². The molecule has 2 saturated heterocycles. The SMILES string of the molecule is CCCC1CC2CC(=O)OC2C1CC1C2C(=O)OC3C2CC1[C@H]3C. The second kappa shape index (κ2) is 5.22. The molecule has 5 rings (SSSR count). The lowest BCUT2D eigenvalue weighted by Crippen LogP contribution is -2.35. The minimum Gasteiger partial charge on any atom is -0.462 e. The standard InChI is InChI=1S/C20H28O4/c1-3-4-10-5-11-6-16(21)23-19(11)13(10)8-14-12-7-15-17(14)20(22)24-18(15)9(12)2/h9-15,17-19H,3-8H2,1-2H3/t9-,10?,11?,12?,13?,14?,15?,17?,18?,19?/m1/s1. The van der Waals surface area contributed by atoms with Gasteiger partial charge in [-0.1, -0.05) is 26.7 Å². The molecule has 5 aliphatic rings. The van der Waals surface area contributed by atoms with E-state index in [0.29, 0.717) is 47.8 Å². The molecule has 0 aromatic heterocycles. The fourth-order valence-electron chi connectivity index (χ4n) is 7.33. The van der Waals surface area contributed by atoms with Crippen LogP contribution in [0.15, 0.2) is 0 Å². The van der Waals surface area contributed by atoms with E-state index in [2.05, 4.69) is 13.8 Å². The van der Waals surface area contributed by atoms with Crippen LogP contribution in [0.2, 0.25) is 0 Å². The second-order valence-electron chi connectivity index (χ2n) is 9.12. The number of hydrogen-bond acceptors (Lipinski definition) is 4. The van der Waals surface area contributed by atoms with Gasteiger partial charge in [-0.05, 0) is 48.9 Å². The number of ether oxygens (including phenoxy) is 2. The van der Waals surface area contributed by atoms with Gasteiger partial charge in [-0.3, -0.25) is 9.59 Å². The summed E-state index contributed by atoms with van der Waals surface area (Å²) in [7, 11) is 0. The van der Waals surface area contributed by atoms with Gasteiger partial charge in [-0.25, -0.2) is 0 Å². The number of esters is 2. The summed E-state index contributed by atoms with van der Waals surface area (Å²) in [6, 6.07) is 0. The molecule has 5 fully saturated rings. The molecule has 10 atom stereocenters. The molecule has 2 heterocycles. The van der Waals surface area contributed by atoms with Crippen molar-refractivity contribution in [2.45, 2.75) is 64.6 Å². The average Bonchev–Trinajstić information content (AvgIpc) is 3.26. The van der Waals surface area contributed by atoms with Crippen LogP contribution in [0, 0.1) is 47.3 Å². The highest BCUT2D eigenvalue weighted by atomic mass is 16.6. The summed E-state index contributed by atoms with van der Waals surface area (Å²) in [5.74, 6) is 3.82. The number of carbonyl (C=O) groups excluding carboxylic acids is 2. The zero-order valence-electron chi connectivity index (χ0n) is 14.6. The zero-order valence-corrected chi connectivity index (χ0v) is 14.6. The third-order valence-corrected chi connectivity index (χ3v) is 8.15. The fourth-order valence-corrected chi connectivity index (χ4v) is 7.33. The molecule has 4 nitrogen and oxygen atoms in total. The molecule has 0 aromatic rings. The minimum atomic E-state index is -0.00778. The quantitative estimate of drug-likeness (QED) is 0.742. The van der Waals surface area contributed by atoms with E-state index in [0.717, 1.165) is 12.8 Å². The van der Waals surface area contributed by atoms with Crippen molar-refractivity contribution in [3.05, 3.63) is 0 Å². The van der Waals surface area contributed by atoms with Crippen molar-refractivity contribution in [3.63, 3.8) is 0 Å². The van der Waals surface area contributed by atoms with E-state index in [1.807, 2.05) is 0 Å². The number of rotatable bonds is 4. The van der Waals surface area contributed by atoms with E-state index in [-0.39, 0.29) is 30.1 Å². The lowest BCUT2D eigenvalue weighted by molar-refractivity contribution is -0.146. The van der Waals surface area contributed by atoms with Gasteiger partial charge in [0.25, 0.3) is 0 Å². The molecule has 9 unspecified atom stereocenters. The largest absolute Gasteiger partial charge is 0.462 e. The summed E-state index contributed by atoms with van der Waals surface area (Å²) in [6.07, 6.45) is 6.72. The van der Waals surface area contributed by atoms with Gasteiger partial charge in [0.2, 0.25) is 0 Å². The Balaban J connectivity index is 1.39. The van der Waals surface area contributed by atoms with Crippen LogP contribution in [-0.4, -0.2) is 24.1 Å². The van der Waals surface area contributed by atoms with Crippen LogP contribution in [0.1, 0.15) is 52.4 Å². The summed E-state index contributed by atoms with van der Waals surface area (Å²) in [5.41, 5.74) is 0. The fraction of sp³-hybridized carbons (Fsp3) is 0.900. The summed E-state index contributed by atoms with van der Waals surface area (Å²) in [4.78, 5) is 24.2. The van der Waals surface area contributed by atoms with Crippen molar-refractivity contribution in [1.29, 1.82) is 0 Å². The molecule has 3 saturated carbocycles. The Bertz CT molecular complexity index is 572. The topological polar surface area (TPSA) is 52.6 Å². The van der Waals surface area contributed by atoms with Gasteiger partial charge in [0.1, 0.15) is 12.2 Å². The average molecular weight is 332 g/mol. The van der Waals surface area contributed by atoms with Gasteiger partial charge in [-0.15, -0.1) is 0 Å². The van der Waals surface area contributed by atoms with Crippen LogP contribution in [0.4, 0.5) is 0 Å². The van der Waals surface area contributed by atoms with E-state index in [1.165, 1.54) is 19.3 Å². The Labute approximate surface area is 143 Å². The molecular formula is C20H28O4. The van der Waals surface area contributed by atoms with Crippen LogP contribution >= 0.6 is 0 Å². The third kappa shape index (κ3) is 1.91. The monoisotopic (exact) mass is 332 g/mol. The Hall–Kier alpha value is -1.06. The maximum atomic E-state index is 12.4. The van der Waals surface area contributed by atoms with E-state index in [1.54, 1.807) is 0 Å². The maximum Gasteiger partial charge on any atom is 0.309 e. The summed E-state index contributed by atoms with van der Waals surface area (Å²) < 4.78 is 11.4. The van der Waals surface area contributed by atoms with Crippen molar-refractivity contribution >= 4 is 11.9 Å². The van der Waals surface area contributed by atoms with Crippen molar-refractivity contribution in [1.82, 2.24) is 0 Å². The first-order chi connectivity index (χ1) is 11.6. The molecule has 0 amide bonds. The van der Waals surface area contributed by atoms with E-state index in [4.69, 9.17) is 9.47 Å². The molecule has 2 bridgehead atoms. The first-order valence-electron chi connectivity index (χ1n) is 9.98. The molecule has 0 spiro atoms. The summed E-state index contributed by atoms with van der Waals surface area (Å²) in [6.45, 7) is 4.52. The zero-order chi connectivity index (χ0) is 16.6. The smallest absolute Gasteiger partial charge is 0.309 e. The molecular weight excluding hydrogens is 304 g/mol. The predicted molar refractivity (Wildman–Crippen MR) is 86.7 cm³/mol. The highest BCUT2D eigenvalue weighted by Crippen LogP contribution is 2.63. The number of hydrogen-bond donors (Lipinski definition) is 0. The summed E-state index contributed by atoms with van der Waals surface area (Å²) >= 11 is 0. The number of carbonyl (C=O) groups is 2. The van der Waals surface area contributed by atoms with Crippen molar-refractivity contribution in [2.24, 2.45) is 47.3 Å². The highest BCUT2D eigenvalue weighted by molar-refractivity contribution is 5.77. The third-order valence-electron chi connectivity index (χ3n) is 8.15. The van der Waals surface area contributed by atoms with Gasteiger partial charge in [0.05, 0.1) is 12.3 Å². The van der Waals surface area contributed by atoms with Crippen molar-refractivity contribution in [2.75, 3.05) is 0 Å². The lowest BCUT2D eigenvalue weighted by atomic mass is 9.69. The predicted octanol–water partition coefficient (Wildman–Crippen LogP) is 3.19.